The molecule has 0 saturated heterocycles. The topological polar surface area (TPSA) is 63.8 Å². The van der Waals surface area contributed by atoms with E-state index in [0.29, 0.717) is 5.16 Å². The highest BCUT2D eigenvalue weighted by Gasteiger charge is 2.10. The summed E-state index contributed by atoms with van der Waals surface area (Å²) in [5, 5.41) is 0.136. The zero-order valence-electron chi connectivity index (χ0n) is 6.14. The molecular formula is C5H6ClFN4S. The number of nitrogen functional groups attached to an aromatic ring is 1. The fourth-order valence-electron chi connectivity index (χ4n) is 0.587. The van der Waals surface area contributed by atoms with Crippen molar-refractivity contribution in [3.8, 4) is 0 Å². The van der Waals surface area contributed by atoms with Crippen LogP contribution in [0.2, 0.25) is 5.15 Å². The van der Waals surface area contributed by atoms with Crippen LogP contribution < -0.4 is 11.3 Å². The van der Waals surface area contributed by atoms with Crippen LogP contribution >= 0.6 is 23.4 Å². The molecule has 0 aromatic carbocycles. The van der Waals surface area contributed by atoms with Gasteiger partial charge in [0.25, 0.3) is 0 Å². The standard InChI is InChI=1S/C5H6ClFN4S/c1-12-5-9-3(6)2(7)4(10-5)11-8/h8H2,1H3,(H,9,10,11). The first-order valence-electron chi connectivity index (χ1n) is 2.92. The van der Waals surface area contributed by atoms with Crippen LogP contribution in [-0.2, 0) is 0 Å². The van der Waals surface area contributed by atoms with Crippen molar-refractivity contribution >= 4 is 29.2 Å². The normalized spacial score (nSPS) is 10.0. The molecule has 0 spiro atoms. The average molecular weight is 209 g/mol. The number of nitrogens with zero attached hydrogens (tertiary/aromatic N) is 2. The van der Waals surface area contributed by atoms with Crippen molar-refractivity contribution in [1.82, 2.24) is 9.97 Å². The van der Waals surface area contributed by atoms with Crippen LogP contribution in [0.15, 0.2) is 5.16 Å². The van der Waals surface area contributed by atoms with Crippen molar-refractivity contribution in [2.75, 3.05) is 11.7 Å². The third kappa shape index (κ3) is 1.77. The minimum atomic E-state index is -0.739. The van der Waals surface area contributed by atoms with Gasteiger partial charge in [0.2, 0.25) is 5.82 Å². The van der Waals surface area contributed by atoms with Gasteiger partial charge in [-0.2, -0.15) is 4.39 Å². The van der Waals surface area contributed by atoms with Crippen LogP contribution in [0, 0.1) is 5.82 Å². The zero-order chi connectivity index (χ0) is 9.14. The van der Waals surface area contributed by atoms with E-state index in [1.807, 2.05) is 0 Å². The Kier molecular flexibility index (Phi) is 3.07. The Morgan fingerprint density at radius 3 is 2.75 bits per heavy atom. The van der Waals surface area contributed by atoms with Gasteiger partial charge in [-0.3, -0.25) is 0 Å². The van der Waals surface area contributed by atoms with Crippen molar-refractivity contribution in [2.24, 2.45) is 5.84 Å². The molecule has 3 N–H and O–H groups in total. The summed E-state index contributed by atoms with van der Waals surface area (Å²) in [5.41, 5.74) is 2.09. The zero-order valence-corrected chi connectivity index (χ0v) is 7.71. The van der Waals surface area contributed by atoms with Gasteiger partial charge >= 0.3 is 0 Å². The molecule has 1 aromatic heterocycles. The number of halogens is 2. The van der Waals surface area contributed by atoms with E-state index >= 15 is 0 Å². The SMILES string of the molecule is CSc1nc(Cl)c(F)c(NN)n1. The molecule has 0 radical (unpaired) electrons. The lowest BCUT2D eigenvalue weighted by Gasteiger charge is -2.03. The molecule has 0 unspecified atom stereocenters. The van der Waals surface area contributed by atoms with E-state index in [2.05, 4.69) is 15.4 Å². The maximum atomic E-state index is 12.9. The van der Waals surface area contributed by atoms with Crippen molar-refractivity contribution in [1.29, 1.82) is 0 Å². The minimum absolute atomic E-state index is 0.0978. The van der Waals surface area contributed by atoms with Gasteiger partial charge in [0.15, 0.2) is 16.1 Å². The molecule has 0 amide bonds. The molecule has 0 aliphatic rings. The van der Waals surface area contributed by atoms with Gasteiger partial charge in [0.05, 0.1) is 0 Å². The Bertz CT molecular complexity index is 295. The Morgan fingerprint density at radius 2 is 2.25 bits per heavy atom. The van der Waals surface area contributed by atoms with Crippen LogP contribution in [-0.4, -0.2) is 16.2 Å². The molecule has 0 aliphatic heterocycles. The molecular weight excluding hydrogens is 203 g/mol. The number of nitrogens with one attached hydrogen (secondary N) is 1. The second-order valence-electron chi connectivity index (χ2n) is 1.81. The first-order chi connectivity index (χ1) is 5.69. The van der Waals surface area contributed by atoms with Crippen molar-refractivity contribution < 1.29 is 4.39 Å². The molecule has 66 valence electrons. The van der Waals surface area contributed by atoms with Crippen molar-refractivity contribution in [2.45, 2.75) is 5.16 Å². The molecule has 0 aliphatic carbocycles. The summed E-state index contributed by atoms with van der Waals surface area (Å²) in [5.74, 6) is 4.16. The summed E-state index contributed by atoms with van der Waals surface area (Å²) in [6.45, 7) is 0. The summed E-state index contributed by atoms with van der Waals surface area (Å²) < 4.78 is 12.9. The first-order valence-corrected chi connectivity index (χ1v) is 4.53. The maximum Gasteiger partial charge on any atom is 0.204 e. The van der Waals surface area contributed by atoms with Gasteiger partial charge in [-0.1, -0.05) is 23.4 Å². The third-order valence-corrected chi connectivity index (χ3v) is 1.91. The van der Waals surface area contributed by atoms with Crippen LogP contribution in [0.25, 0.3) is 0 Å². The smallest absolute Gasteiger partial charge is 0.204 e. The van der Waals surface area contributed by atoms with Crippen LogP contribution in [0.4, 0.5) is 10.2 Å². The highest BCUT2D eigenvalue weighted by atomic mass is 35.5. The quantitative estimate of drug-likeness (QED) is 0.252. The predicted octanol–water partition coefficient (Wildman–Crippen LogP) is 1.28. The van der Waals surface area contributed by atoms with E-state index in [0.717, 1.165) is 0 Å². The Balaban J connectivity index is 3.19. The Morgan fingerprint density at radius 1 is 1.58 bits per heavy atom. The molecule has 1 aromatic rings. The van der Waals surface area contributed by atoms with Crippen molar-refractivity contribution in [3.63, 3.8) is 0 Å². The molecule has 0 fully saturated rings. The van der Waals surface area contributed by atoms with E-state index < -0.39 is 5.82 Å². The number of nitrogens with two attached hydrogens (primary N) is 1. The lowest BCUT2D eigenvalue weighted by atomic mass is 10.6. The molecule has 12 heavy (non-hydrogen) atoms. The molecule has 7 heteroatoms. The lowest BCUT2D eigenvalue weighted by Crippen LogP contribution is -2.11. The van der Waals surface area contributed by atoms with Gasteiger partial charge in [0.1, 0.15) is 0 Å². The van der Waals surface area contributed by atoms with Crippen LogP contribution in [0.5, 0.6) is 0 Å². The minimum Gasteiger partial charge on any atom is -0.306 e. The van der Waals surface area contributed by atoms with Crippen LogP contribution in [0.1, 0.15) is 0 Å². The number of hydrogen-bond donors (Lipinski definition) is 2. The maximum absolute atomic E-state index is 12.9. The van der Waals surface area contributed by atoms with Gasteiger partial charge in [-0.15, -0.1) is 0 Å². The van der Waals surface area contributed by atoms with E-state index in [-0.39, 0.29) is 11.0 Å². The second kappa shape index (κ2) is 3.88. The summed E-state index contributed by atoms with van der Waals surface area (Å²) in [6.07, 6.45) is 1.75. The molecule has 1 rings (SSSR count). The monoisotopic (exact) mass is 208 g/mol. The van der Waals surface area contributed by atoms with E-state index in [4.69, 9.17) is 17.4 Å². The largest absolute Gasteiger partial charge is 0.306 e. The van der Waals surface area contributed by atoms with Gasteiger partial charge in [0, 0.05) is 0 Å². The molecule has 0 bridgehead atoms. The summed E-state index contributed by atoms with van der Waals surface area (Å²) >= 11 is 6.69. The molecule has 1 heterocycles. The van der Waals surface area contributed by atoms with Gasteiger partial charge in [-0.05, 0) is 6.26 Å². The fraction of sp³-hybridized carbons (Fsp3) is 0.200. The molecule has 0 atom stereocenters. The van der Waals surface area contributed by atoms with E-state index in [9.17, 15) is 4.39 Å². The highest BCUT2D eigenvalue weighted by molar-refractivity contribution is 7.98. The number of anilines is 1. The van der Waals surface area contributed by atoms with Crippen LogP contribution in [0.3, 0.4) is 0 Å². The number of rotatable bonds is 2. The molecule has 4 nitrogen and oxygen atoms in total. The molecule has 0 saturated carbocycles. The van der Waals surface area contributed by atoms with E-state index in [1.54, 1.807) is 6.26 Å². The highest BCUT2D eigenvalue weighted by Crippen LogP contribution is 2.21. The van der Waals surface area contributed by atoms with Gasteiger partial charge in [-0.25, -0.2) is 15.8 Å². The third-order valence-electron chi connectivity index (χ3n) is 1.11. The summed E-state index contributed by atoms with van der Waals surface area (Å²) in [7, 11) is 0. The first kappa shape index (κ1) is 9.50. The van der Waals surface area contributed by atoms with Crippen molar-refractivity contribution in [3.05, 3.63) is 11.0 Å². The lowest BCUT2D eigenvalue weighted by molar-refractivity contribution is 0.610. The predicted molar refractivity (Wildman–Crippen MR) is 46.6 cm³/mol. The Hall–Kier alpha value is -0.590. The number of hydrazine groups is 1. The second-order valence-corrected chi connectivity index (χ2v) is 2.94. The summed E-state index contributed by atoms with van der Waals surface area (Å²) in [6, 6.07) is 0. The fourth-order valence-corrected chi connectivity index (χ4v) is 1.17. The number of aromatic nitrogens is 2. The van der Waals surface area contributed by atoms with E-state index in [1.165, 1.54) is 11.8 Å². The summed E-state index contributed by atoms with van der Waals surface area (Å²) in [4.78, 5) is 7.37. The average Bonchev–Trinajstić information content (AvgIpc) is 2.09. The van der Waals surface area contributed by atoms with Gasteiger partial charge < -0.3 is 5.43 Å². The number of thioether (sulfide) groups is 1. The Labute approximate surface area is 77.7 Å². The number of hydrogen-bond acceptors (Lipinski definition) is 5.